The third-order valence-electron chi connectivity index (χ3n) is 6.67. The van der Waals surface area contributed by atoms with Crippen molar-refractivity contribution in [2.75, 3.05) is 23.3 Å². The highest BCUT2D eigenvalue weighted by molar-refractivity contribution is 5.90. The van der Waals surface area contributed by atoms with Crippen LogP contribution in [0.5, 0.6) is 0 Å². The Balaban J connectivity index is 1.34. The van der Waals surface area contributed by atoms with Gasteiger partial charge >= 0.3 is 0 Å². The van der Waals surface area contributed by atoms with Gasteiger partial charge in [-0.05, 0) is 34.9 Å². The fourth-order valence-electron chi connectivity index (χ4n) is 4.86. The van der Waals surface area contributed by atoms with Crippen LogP contribution in [-0.4, -0.2) is 28.0 Å². The molecule has 3 aromatic carbocycles. The summed E-state index contributed by atoms with van der Waals surface area (Å²) in [6.45, 7) is 2.48. The number of rotatable bonds is 6. The van der Waals surface area contributed by atoms with Crippen molar-refractivity contribution in [1.29, 1.82) is 0 Å². The molecule has 0 amide bonds. The number of fused-ring (bicyclic) bond motifs is 2. The van der Waals surface area contributed by atoms with Crippen LogP contribution in [0, 0.1) is 0 Å². The molecule has 1 aliphatic heterocycles. The molecule has 3 heterocycles. The SMILES string of the molecule is c1ccc(C(CNc2nc(N3CCc4[nH]ccc4C3)nc3ccccc23)c2ccccc2)cc1. The molecule has 1 aliphatic rings. The first-order valence-electron chi connectivity index (χ1n) is 11.9. The average molecular weight is 446 g/mol. The number of aromatic amines is 1. The van der Waals surface area contributed by atoms with E-state index in [9.17, 15) is 0 Å². The van der Waals surface area contributed by atoms with E-state index in [0.29, 0.717) is 0 Å². The van der Waals surface area contributed by atoms with Crippen LogP contribution in [0.25, 0.3) is 10.9 Å². The van der Waals surface area contributed by atoms with Gasteiger partial charge in [0.25, 0.3) is 0 Å². The first-order valence-corrected chi connectivity index (χ1v) is 11.9. The molecule has 0 fully saturated rings. The van der Waals surface area contributed by atoms with Crippen molar-refractivity contribution < 1.29 is 0 Å². The van der Waals surface area contributed by atoms with Crippen LogP contribution < -0.4 is 10.2 Å². The van der Waals surface area contributed by atoms with Crippen LogP contribution in [-0.2, 0) is 13.0 Å². The minimum atomic E-state index is 0.219. The van der Waals surface area contributed by atoms with E-state index in [4.69, 9.17) is 9.97 Å². The lowest BCUT2D eigenvalue weighted by atomic mass is 9.91. The molecule has 2 aromatic heterocycles. The highest BCUT2D eigenvalue weighted by atomic mass is 15.3. The summed E-state index contributed by atoms with van der Waals surface area (Å²) < 4.78 is 0. The molecule has 0 radical (unpaired) electrons. The van der Waals surface area contributed by atoms with E-state index in [-0.39, 0.29) is 5.92 Å². The zero-order valence-corrected chi connectivity index (χ0v) is 19.0. The number of anilines is 2. The van der Waals surface area contributed by atoms with Crippen molar-refractivity contribution in [3.63, 3.8) is 0 Å². The van der Waals surface area contributed by atoms with Gasteiger partial charge in [-0.2, -0.15) is 4.98 Å². The van der Waals surface area contributed by atoms with E-state index in [2.05, 4.69) is 100 Å². The molecular formula is C29H27N5. The smallest absolute Gasteiger partial charge is 0.228 e. The zero-order valence-electron chi connectivity index (χ0n) is 19.0. The fraction of sp³-hybridized carbons (Fsp3) is 0.172. The van der Waals surface area contributed by atoms with Gasteiger partial charge in [0.2, 0.25) is 5.95 Å². The van der Waals surface area contributed by atoms with Crippen molar-refractivity contribution in [3.8, 4) is 0 Å². The molecular weight excluding hydrogens is 418 g/mol. The molecule has 0 atom stereocenters. The number of hydrogen-bond acceptors (Lipinski definition) is 4. The second-order valence-electron chi connectivity index (χ2n) is 8.80. The van der Waals surface area contributed by atoms with E-state index in [1.54, 1.807) is 0 Å². The van der Waals surface area contributed by atoms with Gasteiger partial charge in [-0.15, -0.1) is 0 Å². The van der Waals surface area contributed by atoms with Crippen molar-refractivity contribution in [2.24, 2.45) is 0 Å². The quantitative estimate of drug-likeness (QED) is 0.349. The zero-order chi connectivity index (χ0) is 22.7. The van der Waals surface area contributed by atoms with Gasteiger partial charge in [0.05, 0.1) is 5.52 Å². The van der Waals surface area contributed by atoms with Gasteiger partial charge in [-0.1, -0.05) is 72.8 Å². The van der Waals surface area contributed by atoms with Crippen LogP contribution in [0.2, 0.25) is 0 Å². The van der Waals surface area contributed by atoms with Crippen LogP contribution in [0.3, 0.4) is 0 Å². The van der Waals surface area contributed by atoms with Crippen molar-refractivity contribution in [3.05, 3.63) is 120 Å². The van der Waals surface area contributed by atoms with Gasteiger partial charge in [0.1, 0.15) is 5.82 Å². The van der Waals surface area contributed by atoms with Crippen molar-refractivity contribution >= 4 is 22.7 Å². The average Bonchev–Trinajstić information content (AvgIpc) is 3.38. The lowest BCUT2D eigenvalue weighted by molar-refractivity contribution is 0.702. The summed E-state index contributed by atoms with van der Waals surface area (Å²) in [6.07, 6.45) is 3.00. The number of nitrogens with one attached hydrogen (secondary N) is 2. The lowest BCUT2D eigenvalue weighted by Crippen LogP contribution is -2.31. The number of benzene rings is 3. The molecule has 2 N–H and O–H groups in total. The Bertz CT molecular complexity index is 1350. The summed E-state index contributed by atoms with van der Waals surface area (Å²) >= 11 is 0. The Morgan fingerprint density at radius 3 is 2.29 bits per heavy atom. The predicted molar refractivity (Wildman–Crippen MR) is 138 cm³/mol. The highest BCUT2D eigenvalue weighted by Gasteiger charge is 2.21. The predicted octanol–water partition coefficient (Wildman–Crippen LogP) is 5.76. The summed E-state index contributed by atoms with van der Waals surface area (Å²) in [4.78, 5) is 15.6. The number of aromatic nitrogens is 3. The Hall–Kier alpha value is -4.12. The van der Waals surface area contributed by atoms with E-state index in [0.717, 1.165) is 48.7 Å². The molecule has 0 unspecified atom stereocenters. The van der Waals surface area contributed by atoms with Gasteiger partial charge in [-0.25, -0.2) is 4.98 Å². The van der Waals surface area contributed by atoms with Crippen LogP contribution in [0.1, 0.15) is 28.3 Å². The van der Waals surface area contributed by atoms with Crippen LogP contribution in [0.15, 0.2) is 97.2 Å². The summed E-state index contributed by atoms with van der Waals surface area (Å²) in [7, 11) is 0. The molecule has 0 saturated carbocycles. The first-order chi connectivity index (χ1) is 16.8. The number of hydrogen-bond donors (Lipinski definition) is 2. The summed E-state index contributed by atoms with van der Waals surface area (Å²) in [5.74, 6) is 1.89. The maximum atomic E-state index is 5.03. The number of H-pyrrole nitrogens is 1. The second-order valence-corrected chi connectivity index (χ2v) is 8.80. The van der Waals surface area contributed by atoms with E-state index in [1.807, 2.05) is 12.3 Å². The number of para-hydroxylation sites is 1. The van der Waals surface area contributed by atoms with Gasteiger partial charge in [0.15, 0.2) is 0 Å². The molecule has 0 aliphatic carbocycles. The van der Waals surface area contributed by atoms with E-state index >= 15 is 0 Å². The molecule has 5 aromatic rings. The summed E-state index contributed by atoms with van der Waals surface area (Å²) in [5.41, 5.74) is 6.19. The monoisotopic (exact) mass is 445 g/mol. The third kappa shape index (κ3) is 4.01. The Kier molecular flexibility index (Phi) is 5.44. The molecule has 168 valence electrons. The molecule has 5 nitrogen and oxygen atoms in total. The molecule has 0 saturated heterocycles. The van der Waals surface area contributed by atoms with E-state index in [1.165, 1.54) is 22.4 Å². The minimum absolute atomic E-state index is 0.219. The highest BCUT2D eigenvalue weighted by Crippen LogP contribution is 2.29. The molecule has 34 heavy (non-hydrogen) atoms. The summed E-state index contributed by atoms with van der Waals surface area (Å²) in [6, 6.07) is 31.8. The van der Waals surface area contributed by atoms with Crippen LogP contribution >= 0.6 is 0 Å². The van der Waals surface area contributed by atoms with Crippen molar-refractivity contribution in [1.82, 2.24) is 15.0 Å². The number of nitrogens with zero attached hydrogens (tertiary/aromatic N) is 3. The topological polar surface area (TPSA) is 56.8 Å². The van der Waals surface area contributed by atoms with Crippen LogP contribution in [0.4, 0.5) is 11.8 Å². The summed E-state index contributed by atoms with van der Waals surface area (Å²) in [5, 5.41) is 4.74. The van der Waals surface area contributed by atoms with Gasteiger partial charge in [-0.3, -0.25) is 0 Å². The largest absolute Gasteiger partial charge is 0.368 e. The molecule has 0 spiro atoms. The van der Waals surface area contributed by atoms with Crippen molar-refractivity contribution in [2.45, 2.75) is 18.9 Å². The molecule has 0 bridgehead atoms. The lowest BCUT2D eigenvalue weighted by Gasteiger charge is -2.28. The first kappa shape index (κ1) is 20.5. The Morgan fingerprint density at radius 2 is 1.53 bits per heavy atom. The maximum Gasteiger partial charge on any atom is 0.228 e. The van der Waals surface area contributed by atoms with Gasteiger partial charge < -0.3 is 15.2 Å². The van der Waals surface area contributed by atoms with E-state index < -0.39 is 0 Å². The molecule has 5 heteroatoms. The van der Waals surface area contributed by atoms with Gasteiger partial charge in [0, 0.05) is 49.2 Å². The second kappa shape index (κ2) is 9.02. The third-order valence-corrected chi connectivity index (χ3v) is 6.67. The molecule has 6 rings (SSSR count). The Morgan fingerprint density at radius 1 is 0.824 bits per heavy atom. The fourth-order valence-corrected chi connectivity index (χ4v) is 4.86. The Labute approximate surface area is 199 Å². The maximum absolute atomic E-state index is 5.03. The minimum Gasteiger partial charge on any atom is -0.368 e. The standard InChI is InChI=1S/C29H27N5/c1-3-9-21(10-4-1)25(22-11-5-2-6-12-22)19-31-28-24-13-7-8-14-27(24)32-29(33-28)34-18-16-26-23(20-34)15-17-30-26/h1-15,17,25,30H,16,18-20H2,(H,31,32,33). The normalized spacial score (nSPS) is 13.3.